The third-order valence-electron chi connectivity index (χ3n) is 9.96. The van der Waals surface area contributed by atoms with Crippen molar-refractivity contribution in [3.05, 3.63) is 144 Å². The number of carbonyl (C=O) groups is 3. The maximum atomic E-state index is 13.0. The van der Waals surface area contributed by atoms with Gasteiger partial charge in [-0.2, -0.15) is 18.3 Å². The van der Waals surface area contributed by atoms with Crippen LogP contribution in [-0.4, -0.2) is 49.6 Å². The van der Waals surface area contributed by atoms with Crippen molar-refractivity contribution < 1.29 is 61.2 Å². The Morgan fingerprint density at radius 1 is 0.623 bits per heavy atom. The number of alkyl halides is 3. The quantitative estimate of drug-likeness (QED) is 0.0231. The zero-order chi connectivity index (χ0) is 48.7. The van der Waals surface area contributed by atoms with Crippen LogP contribution in [0, 0.1) is 0 Å². The number of carbonyl (C=O) groups excluding carboxylic acids is 3. The standard InChI is InChI=1S/C31H34F3N4.C18H11N3O6.CNS.Ru/c1-3-5-7-9-23-11-15-25(16-12-23)38(26-17-13-24(14-18-26)10-8-6-4-2)27-19-20-28(35-22-27)29-21-30(37-36-29)31(32,33)34;22-9-25-12-1-3-19-15(5-12)17-7-14(27-11-24)8-18(21-17)16-6-13(26-10-23)2-4-20-16;2-1-3;/h11-22H,3-10H2,1-2H3;1-11H;;/q-1;;-1;+2. The van der Waals surface area contributed by atoms with Gasteiger partial charge in [0.25, 0.3) is 19.4 Å². The zero-order valence-electron chi connectivity index (χ0n) is 37.4. The fourth-order valence-electron chi connectivity index (χ4n) is 6.71. The second-order valence-electron chi connectivity index (χ2n) is 14.7. The number of aryl methyl sites for hydroxylation is 2. The molecule has 0 fully saturated rings. The summed E-state index contributed by atoms with van der Waals surface area (Å²) in [5, 5.41) is 15.4. The molecular formula is C50H45F3N8O6RuS. The molecule has 0 aliphatic carbocycles. The van der Waals surface area contributed by atoms with E-state index in [1.165, 1.54) is 104 Å². The summed E-state index contributed by atoms with van der Waals surface area (Å²) >= 11 is 3.70. The topological polar surface area (TPSA) is 183 Å². The maximum Gasteiger partial charge on any atom is 2.00 e. The number of benzene rings is 2. The molecule has 5 heterocycles. The average Bonchev–Trinajstić information content (AvgIpc) is 3.86. The molecule has 0 amide bonds. The molecule has 7 aromatic rings. The third kappa shape index (κ3) is 16.5. The van der Waals surface area contributed by atoms with Gasteiger partial charge in [-0.15, -0.1) is 0 Å². The van der Waals surface area contributed by atoms with E-state index in [0.29, 0.717) is 41.4 Å². The molecule has 5 aromatic heterocycles. The first-order valence-corrected chi connectivity index (χ1v) is 21.7. The van der Waals surface area contributed by atoms with Crippen LogP contribution in [0.3, 0.4) is 0 Å². The van der Waals surface area contributed by atoms with Crippen LogP contribution >= 0.6 is 12.2 Å². The Morgan fingerprint density at radius 3 is 1.48 bits per heavy atom. The van der Waals surface area contributed by atoms with E-state index in [-0.39, 0.29) is 48.9 Å². The molecule has 356 valence electrons. The second kappa shape index (κ2) is 28.1. The predicted molar refractivity (Wildman–Crippen MR) is 254 cm³/mol. The van der Waals surface area contributed by atoms with Crippen LogP contribution < -0.4 is 24.2 Å². The van der Waals surface area contributed by atoms with E-state index < -0.39 is 11.9 Å². The molecule has 0 saturated heterocycles. The summed E-state index contributed by atoms with van der Waals surface area (Å²) in [5.74, 6) is 0.760. The number of pyridine rings is 4. The van der Waals surface area contributed by atoms with Gasteiger partial charge in [0, 0.05) is 53.7 Å². The molecule has 0 radical (unpaired) electrons. The van der Waals surface area contributed by atoms with Crippen LogP contribution in [0.15, 0.2) is 122 Å². The van der Waals surface area contributed by atoms with Gasteiger partial charge in [0.1, 0.15) is 22.9 Å². The molecule has 0 aliphatic heterocycles. The Bertz CT molecular complexity index is 2610. The number of unbranched alkanes of at least 4 members (excludes halogenated alkanes) is 4. The van der Waals surface area contributed by atoms with E-state index in [9.17, 15) is 27.6 Å². The molecule has 2 aromatic carbocycles. The van der Waals surface area contributed by atoms with Gasteiger partial charge in [-0.25, -0.2) is 4.98 Å². The second-order valence-corrected chi connectivity index (χ2v) is 14.8. The Hall–Kier alpha value is -7.33. The van der Waals surface area contributed by atoms with Gasteiger partial charge in [-0.1, -0.05) is 81.7 Å². The first-order valence-electron chi connectivity index (χ1n) is 21.3. The molecule has 0 bridgehead atoms. The summed E-state index contributed by atoms with van der Waals surface area (Å²) in [7, 11) is 0. The fourth-order valence-corrected chi connectivity index (χ4v) is 6.71. The first kappa shape index (κ1) is 54.3. The number of aromatic nitrogens is 6. The Labute approximate surface area is 415 Å². The van der Waals surface area contributed by atoms with Gasteiger partial charge in [-0.05, 0) is 91.4 Å². The molecular weight excluding hydrogens is 999 g/mol. The number of hydrogen-bond acceptors (Lipinski definition) is 13. The van der Waals surface area contributed by atoms with Crippen molar-refractivity contribution in [3.63, 3.8) is 0 Å². The summed E-state index contributed by atoms with van der Waals surface area (Å²) in [6, 6.07) is 30.6. The summed E-state index contributed by atoms with van der Waals surface area (Å²) in [5.41, 5.74) is 6.29. The van der Waals surface area contributed by atoms with Crippen LogP contribution in [0.2, 0.25) is 0 Å². The molecule has 7 rings (SSSR count). The summed E-state index contributed by atoms with van der Waals surface area (Å²) in [6.45, 7) is 5.28. The van der Waals surface area contributed by atoms with E-state index in [0.717, 1.165) is 36.0 Å². The van der Waals surface area contributed by atoms with Crippen molar-refractivity contribution in [2.75, 3.05) is 4.90 Å². The minimum atomic E-state index is -4.53. The van der Waals surface area contributed by atoms with E-state index in [1.54, 1.807) is 12.3 Å². The molecule has 69 heavy (non-hydrogen) atoms. The van der Waals surface area contributed by atoms with Gasteiger partial charge in [-0.3, -0.25) is 29.3 Å². The largest absolute Gasteiger partial charge is 2.00 e. The normalized spacial score (nSPS) is 10.4. The average molecular weight is 1040 g/mol. The van der Waals surface area contributed by atoms with E-state index in [4.69, 9.17) is 19.6 Å². The number of rotatable bonds is 20. The van der Waals surface area contributed by atoms with E-state index >= 15 is 0 Å². The predicted octanol–water partition coefficient (Wildman–Crippen LogP) is 11.5. The summed E-state index contributed by atoms with van der Waals surface area (Å²) < 4.78 is 53.4. The van der Waals surface area contributed by atoms with Crippen LogP contribution in [-0.2, 0) is 52.9 Å². The molecule has 0 aliphatic rings. The molecule has 0 saturated carbocycles. The number of anilines is 3. The Kier molecular flexibility index (Phi) is 22.1. The SMILES string of the molecule is CCCCCc1ccc(N(c2ccc(CCCCC)cc2)c2ccc(-c3cc(C(F)(F)F)n[n-]3)nc2)cc1.O=COc1ccnc(-c2cc(OC=O)cc(-c3cc(OC=O)ccn3)n2)c1.[N-]=C=S.[Ru+2]. The van der Waals surface area contributed by atoms with Crippen LogP contribution in [0.5, 0.6) is 17.2 Å². The smallest absolute Gasteiger partial charge is 0.753 e. The molecule has 0 spiro atoms. The summed E-state index contributed by atoms with van der Waals surface area (Å²) in [6.07, 6.45) is 9.29. The maximum absolute atomic E-state index is 13.0. The number of thiocarbonyl (C=S) groups is 1. The molecule has 0 atom stereocenters. The van der Waals surface area contributed by atoms with Gasteiger partial charge in [0.2, 0.25) is 0 Å². The zero-order valence-corrected chi connectivity index (χ0v) is 39.9. The third-order valence-corrected chi connectivity index (χ3v) is 9.96. The van der Waals surface area contributed by atoms with Crippen molar-refractivity contribution >= 4 is 53.9 Å². The fraction of sp³-hybridized carbons (Fsp3) is 0.220. The summed E-state index contributed by atoms with van der Waals surface area (Å²) in [4.78, 5) is 51.2. The van der Waals surface area contributed by atoms with Gasteiger partial charge in [0.15, 0.2) is 0 Å². The van der Waals surface area contributed by atoms with E-state index in [2.05, 4.69) is 110 Å². The minimum Gasteiger partial charge on any atom is -0.753 e. The molecule has 0 N–H and O–H groups in total. The molecule has 0 unspecified atom stereocenters. The first-order chi connectivity index (χ1) is 33.0. The minimum absolute atomic E-state index is 0. The van der Waals surface area contributed by atoms with Gasteiger partial charge in [0.05, 0.1) is 34.7 Å². The number of isothiocyanates is 1. The van der Waals surface area contributed by atoms with Crippen molar-refractivity contribution in [1.29, 1.82) is 0 Å². The number of halogens is 3. The Morgan fingerprint density at radius 2 is 1.07 bits per heavy atom. The molecule has 19 heteroatoms. The monoisotopic (exact) mass is 1040 g/mol. The number of hydrogen-bond donors (Lipinski definition) is 0. The van der Waals surface area contributed by atoms with Crippen molar-refractivity contribution in [2.45, 2.75) is 71.4 Å². The van der Waals surface area contributed by atoms with Crippen LogP contribution in [0.1, 0.15) is 69.2 Å². The van der Waals surface area contributed by atoms with Crippen molar-refractivity contribution in [2.24, 2.45) is 0 Å². The number of nitrogens with zero attached hydrogens (tertiary/aromatic N) is 8. The Balaban J connectivity index is 0.000000294. The van der Waals surface area contributed by atoms with Crippen molar-refractivity contribution in [3.8, 4) is 51.4 Å². The van der Waals surface area contributed by atoms with Crippen molar-refractivity contribution in [1.82, 2.24) is 30.1 Å². The van der Waals surface area contributed by atoms with Crippen LogP contribution in [0.25, 0.3) is 39.6 Å². The van der Waals surface area contributed by atoms with Crippen LogP contribution in [0.4, 0.5) is 30.2 Å². The number of ether oxygens (including phenoxy) is 3. The van der Waals surface area contributed by atoms with Gasteiger partial charge >= 0.3 is 25.7 Å². The van der Waals surface area contributed by atoms with E-state index in [1.807, 2.05) is 6.07 Å². The van der Waals surface area contributed by atoms with Gasteiger partial charge < -0.3 is 34.7 Å². The molecule has 14 nitrogen and oxygen atoms in total.